The molecule has 0 bridgehead atoms. The number of para-hydroxylation sites is 1. The molecule has 4 aromatic rings. The summed E-state index contributed by atoms with van der Waals surface area (Å²) in [4.78, 5) is 27.3. The topological polar surface area (TPSA) is 49.4 Å². The molecule has 0 aliphatic carbocycles. The fourth-order valence-corrected chi connectivity index (χ4v) is 4.31. The van der Waals surface area contributed by atoms with Gasteiger partial charge in [0.1, 0.15) is 11.4 Å². The number of fused-ring (bicyclic) bond motifs is 2. The van der Waals surface area contributed by atoms with E-state index in [2.05, 4.69) is 24.0 Å². The summed E-state index contributed by atoms with van der Waals surface area (Å²) >= 11 is 4.30. The van der Waals surface area contributed by atoms with Crippen molar-refractivity contribution in [1.82, 2.24) is 5.32 Å². The number of hydrogen-bond acceptors (Lipinski definition) is 3. The van der Waals surface area contributed by atoms with E-state index in [-0.39, 0.29) is 11.3 Å². The molecule has 6 heteroatoms. The molecule has 1 atom stereocenters. The van der Waals surface area contributed by atoms with E-state index >= 15 is 0 Å². The van der Waals surface area contributed by atoms with E-state index in [1.165, 1.54) is 12.1 Å². The van der Waals surface area contributed by atoms with E-state index in [0.29, 0.717) is 0 Å². The molecular formula is C25H17FN2O2S. The summed E-state index contributed by atoms with van der Waals surface area (Å²) in [5, 5.41) is 6.47. The quantitative estimate of drug-likeness (QED) is 0.207. The van der Waals surface area contributed by atoms with E-state index < -0.39 is 23.1 Å². The second-order valence-corrected chi connectivity index (χ2v) is 7.75. The maximum absolute atomic E-state index is 14.4. The molecule has 1 heterocycles. The first kappa shape index (κ1) is 19.3. The van der Waals surface area contributed by atoms with E-state index in [1.54, 1.807) is 18.2 Å². The number of benzene rings is 4. The molecule has 1 fully saturated rings. The predicted molar refractivity (Wildman–Crippen MR) is 124 cm³/mol. The largest absolute Gasteiger partial charge is 0.323 e. The van der Waals surface area contributed by atoms with Gasteiger partial charge in [-0.1, -0.05) is 60.7 Å². The number of nitrogens with one attached hydrogen (secondary N) is 1. The van der Waals surface area contributed by atoms with Crippen LogP contribution >= 0.6 is 12.6 Å². The fraction of sp³-hybridized carbons (Fsp3) is 0.0400. The zero-order valence-electron chi connectivity index (χ0n) is 16.2. The Morgan fingerprint density at radius 2 is 1.45 bits per heavy atom. The second-order valence-electron chi connectivity index (χ2n) is 7.26. The Morgan fingerprint density at radius 1 is 0.871 bits per heavy atom. The predicted octanol–water partition coefficient (Wildman–Crippen LogP) is 4.89. The van der Waals surface area contributed by atoms with Crippen molar-refractivity contribution in [3.63, 3.8) is 0 Å². The number of halogens is 1. The van der Waals surface area contributed by atoms with Gasteiger partial charge in [0.25, 0.3) is 11.8 Å². The van der Waals surface area contributed by atoms with Gasteiger partial charge in [-0.25, -0.2) is 4.39 Å². The van der Waals surface area contributed by atoms with Crippen molar-refractivity contribution in [1.29, 1.82) is 0 Å². The molecule has 1 unspecified atom stereocenters. The van der Waals surface area contributed by atoms with E-state index in [4.69, 9.17) is 0 Å². The first-order valence-corrected chi connectivity index (χ1v) is 10.3. The highest BCUT2D eigenvalue weighted by molar-refractivity contribution is 7.81. The summed E-state index contributed by atoms with van der Waals surface area (Å²) in [6, 6.07) is 23.6. The van der Waals surface area contributed by atoms with Crippen LogP contribution in [0.4, 0.5) is 10.1 Å². The molecule has 4 aromatic carbocycles. The van der Waals surface area contributed by atoms with Gasteiger partial charge in [0.15, 0.2) is 5.50 Å². The Morgan fingerprint density at radius 3 is 2.10 bits per heavy atom. The van der Waals surface area contributed by atoms with Crippen LogP contribution in [0.1, 0.15) is 5.56 Å². The Hall–Kier alpha value is -3.64. The second kappa shape index (κ2) is 7.56. The molecule has 0 aromatic heterocycles. The van der Waals surface area contributed by atoms with E-state index in [0.717, 1.165) is 32.0 Å². The minimum atomic E-state index is -0.974. The van der Waals surface area contributed by atoms with Crippen LogP contribution in [0, 0.1) is 5.82 Å². The van der Waals surface area contributed by atoms with Crippen molar-refractivity contribution in [3.05, 3.63) is 95.8 Å². The van der Waals surface area contributed by atoms with Crippen LogP contribution in [0.3, 0.4) is 0 Å². The lowest BCUT2D eigenvalue weighted by atomic mass is 9.94. The van der Waals surface area contributed by atoms with Crippen molar-refractivity contribution >= 4 is 57.8 Å². The van der Waals surface area contributed by atoms with Gasteiger partial charge >= 0.3 is 0 Å². The Kier molecular flexibility index (Phi) is 4.71. The minimum absolute atomic E-state index is 0.0566. The zero-order valence-corrected chi connectivity index (χ0v) is 17.1. The smallest absolute Gasteiger partial charge is 0.266 e. The van der Waals surface area contributed by atoms with Crippen LogP contribution in [-0.2, 0) is 9.59 Å². The van der Waals surface area contributed by atoms with Gasteiger partial charge in [-0.05, 0) is 51.4 Å². The lowest BCUT2D eigenvalue weighted by Crippen LogP contribution is -2.56. The van der Waals surface area contributed by atoms with Gasteiger partial charge < -0.3 is 5.32 Å². The van der Waals surface area contributed by atoms with Crippen LogP contribution in [0.5, 0.6) is 0 Å². The lowest BCUT2D eigenvalue weighted by molar-refractivity contribution is -0.124. The normalized spacial score (nSPS) is 18.1. The maximum atomic E-state index is 14.4. The number of thiol groups is 1. The third kappa shape index (κ3) is 3.25. The molecule has 2 amide bonds. The van der Waals surface area contributed by atoms with Crippen LogP contribution in [-0.4, -0.2) is 17.3 Å². The molecule has 1 aliphatic heterocycles. The molecule has 31 heavy (non-hydrogen) atoms. The monoisotopic (exact) mass is 428 g/mol. The molecule has 4 nitrogen and oxygen atoms in total. The molecule has 0 radical (unpaired) electrons. The average molecular weight is 428 g/mol. The number of nitrogens with zero attached hydrogens (tertiary/aromatic N) is 1. The highest BCUT2D eigenvalue weighted by Gasteiger charge is 2.37. The van der Waals surface area contributed by atoms with E-state index in [9.17, 15) is 14.0 Å². The average Bonchev–Trinajstić information content (AvgIpc) is 2.77. The van der Waals surface area contributed by atoms with Crippen LogP contribution in [0.15, 0.2) is 84.4 Å². The minimum Gasteiger partial charge on any atom is -0.323 e. The zero-order chi connectivity index (χ0) is 21.5. The summed E-state index contributed by atoms with van der Waals surface area (Å²) in [6.45, 7) is 0. The molecule has 1 saturated heterocycles. The maximum Gasteiger partial charge on any atom is 0.266 e. The highest BCUT2D eigenvalue weighted by Crippen LogP contribution is 2.32. The Bertz CT molecular complexity index is 1340. The molecule has 0 saturated carbocycles. The van der Waals surface area contributed by atoms with Crippen molar-refractivity contribution < 1.29 is 14.0 Å². The van der Waals surface area contributed by atoms with E-state index in [1.807, 2.05) is 48.5 Å². The highest BCUT2D eigenvalue weighted by atomic mass is 32.1. The van der Waals surface area contributed by atoms with Crippen LogP contribution < -0.4 is 10.2 Å². The summed E-state index contributed by atoms with van der Waals surface area (Å²) in [7, 11) is 0. The number of anilines is 1. The summed E-state index contributed by atoms with van der Waals surface area (Å²) < 4.78 is 14.4. The Labute approximate surface area is 183 Å². The van der Waals surface area contributed by atoms with Gasteiger partial charge in [0, 0.05) is 0 Å². The van der Waals surface area contributed by atoms with Gasteiger partial charge in [0.05, 0.1) is 5.69 Å². The number of amides is 2. The van der Waals surface area contributed by atoms with Gasteiger partial charge in [-0.3, -0.25) is 14.5 Å². The summed E-state index contributed by atoms with van der Waals surface area (Å²) in [5.74, 6) is -1.72. The van der Waals surface area contributed by atoms with Crippen LogP contribution in [0.25, 0.3) is 27.6 Å². The van der Waals surface area contributed by atoms with Gasteiger partial charge in [-0.15, -0.1) is 12.6 Å². The molecule has 152 valence electrons. The number of carbonyl (C=O) groups is 2. The Balaban J connectivity index is 1.73. The third-order valence-electron chi connectivity index (χ3n) is 5.41. The molecule has 0 spiro atoms. The van der Waals surface area contributed by atoms with Crippen molar-refractivity contribution in [3.8, 4) is 0 Å². The number of hydrogen-bond donors (Lipinski definition) is 2. The standard InChI is InChI=1S/C25H17FN2O2S/c26-21-11-5-6-12-22(21)28-24(30)20(23(29)27-25(28)31)14-19-17-9-3-1-7-15(17)13-16-8-2-4-10-18(16)19/h1-14,25,31H,(H,27,29)/b20-14-. The first-order valence-electron chi connectivity index (χ1n) is 9.74. The van der Waals surface area contributed by atoms with Crippen LogP contribution in [0.2, 0.25) is 0 Å². The summed E-state index contributed by atoms with van der Waals surface area (Å²) in [5.41, 5.74) is -0.229. The molecule has 5 rings (SSSR count). The van der Waals surface area contributed by atoms with Crippen molar-refractivity contribution in [2.45, 2.75) is 5.50 Å². The third-order valence-corrected chi connectivity index (χ3v) is 5.77. The SMILES string of the molecule is O=C1NC(S)N(c2ccccc2F)C(=O)/C1=C\c1c2ccccc2cc2ccccc12. The van der Waals surface area contributed by atoms with Gasteiger partial charge in [-0.2, -0.15) is 0 Å². The van der Waals surface area contributed by atoms with Crippen molar-refractivity contribution in [2.75, 3.05) is 4.90 Å². The first-order chi connectivity index (χ1) is 15.0. The molecular weight excluding hydrogens is 411 g/mol. The van der Waals surface area contributed by atoms with Gasteiger partial charge in [0.2, 0.25) is 0 Å². The fourth-order valence-electron chi connectivity index (χ4n) is 3.96. The van der Waals surface area contributed by atoms with Crippen molar-refractivity contribution in [2.24, 2.45) is 0 Å². The molecule has 1 N–H and O–H groups in total. The number of rotatable bonds is 2. The summed E-state index contributed by atoms with van der Waals surface area (Å²) in [6.07, 6.45) is 1.59. The molecule has 1 aliphatic rings. The number of carbonyl (C=O) groups excluding carboxylic acids is 2. The lowest BCUT2D eigenvalue weighted by Gasteiger charge is -2.34.